The number of piperidine rings is 1. The van der Waals surface area contributed by atoms with E-state index in [4.69, 9.17) is 0 Å². The van der Waals surface area contributed by atoms with Crippen LogP contribution in [0.4, 0.5) is 5.00 Å². The average Bonchev–Trinajstić information content (AvgIpc) is 3.22. The van der Waals surface area contributed by atoms with Gasteiger partial charge in [0.2, 0.25) is 0 Å². The van der Waals surface area contributed by atoms with Crippen LogP contribution in [0, 0.1) is 0 Å². The highest BCUT2D eigenvalue weighted by Crippen LogP contribution is 2.24. The van der Waals surface area contributed by atoms with Crippen molar-refractivity contribution < 1.29 is 5.11 Å². The smallest absolute Gasteiger partial charge is 0.191 e. The SMILES string of the molecule is CCNC(=NCC(O)c1ccncc1)NC1CCN(c2cccs2)CC1.I. The molecule has 0 bridgehead atoms. The van der Waals surface area contributed by atoms with Crippen molar-refractivity contribution in [2.75, 3.05) is 31.1 Å². The lowest BCUT2D eigenvalue weighted by atomic mass is 10.1. The number of aliphatic hydroxyl groups is 1. The van der Waals surface area contributed by atoms with Gasteiger partial charge in [0.15, 0.2) is 5.96 Å². The van der Waals surface area contributed by atoms with Gasteiger partial charge in [-0.05, 0) is 55.0 Å². The highest BCUT2D eigenvalue weighted by molar-refractivity contribution is 14.0. The van der Waals surface area contributed by atoms with E-state index in [1.165, 1.54) is 5.00 Å². The Morgan fingerprint density at radius 3 is 2.70 bits per heavy atom. The predicted octanol–water partition coefficient (Wildman–Crippen LogP) is 3.02. The molecule has 0 radical (unpaired) electrons. The maximum atomic E-state index is 10.3. The zero-order valence-electron chi connectivity index (χ0n) is 15.5. The molecule has 0 aromatic carbocycles. The number of anilines is 1. The first kappa shape index (κ1) is 21.9. The molecule has 1 fully saturated rings. The van der Waals surface area contributed by atoms with E-state index in [0.717, 1.165) is 44.0 Å². The summed E-state index contributed by atoms with van der Waals surface area (Å²) in [5.41, 5.74) is 0.837. The second-order valence-corrected chi connectivity index (χ2v) is 7.30. The summed E-state index contributed by atoms with van der Waals surface area (Å²) in [6, 6.07) is 8.34. The van der Waals surface area contributed by atoms with E-state index in [1.54, 1.807) is 23.7 Å². The summed E-state index contributed by atoms with van der Waals surface area (Å²) in [6.07, 6.45) is 4.92. The Hall–Kier alpha value is -1.39. The van der Waals surface area contributed by atoms with E-state index in [1.807, 2.05) is 12.1 Å². The van der Waals surface area contributed by atoms with Crippen molar-refractivity contribution in [1.29, 1.82) is 0 Å². The number of guanidine groups is 1. The molecule has 2 aromatic heterocycles. The number of aliphatic hydroxyl groups excluding tert-OH is 1. The van der Waals surface area contributed by atoms with Crippen LogP contribution in [-0.2, 0) is 0 Å². The molecule has 0 saturated carbocycles. The minimum Gasteiger partial charge on any atom is -0.386 e. The molecule has 2 aromatic rings. The lowest BCUT2D eigenvalue weighted by molar-refractivity contribution is 0.187. The van der Waals surface area contributed by atoms with Crippen molar-refractivity contribution in [3.63, 3.8) is 0 Å². The topological polar surface area (TPSA) is 72.8 Å². The quantitative estimate of drug-likeness (QED) is 0.323. The van der Waals surface area contributed by atoms with Crippen LogP contribution in [0.3, 0.4) is 0 Å². The van der Waals surface area contributed by atoms with Crippen LogP contribution in [0.5, 0.6) is 0 Å². The van der Waals surface area contributed by atoms with Crippen molar-refractivity contribution in [1.82, 2.24) is 15.6 Å². The monoisotopic (exact) mass is 501 g/mol. The number of nitrogens with zero attached hydrogens (tertiary/aromatic N) is 3. The molecular formula is C19H28IN5OS. The molecule has 0 amide bonds. The number of aromatic nitrogens is 1. The Morgan fingerprint density at radius 2 is 2.07 bits per heavy atom. The maximum absolute atomic E-state index is 10.3. The van der Waals surface area contributed by atoms with Crippen LogP contribution >= 0.6 is 35.3 Å². The van der Waals surface area contributed by atoms with Crippen LogP contribution in [0.2, 0.25) is 0 Å². The van der Waals surface area contributed by atoms with Gasteiger partial charge >= 0.3 is 0 Å². The summed E-state index contributed by atoms with van der Waals surface area (Å²) in [5.74, 6) is 0.773. The van der Waals surface area contributed by atoms with Gasteiger partial charge in [-0.3, -0.25) is 9.98 Å². The zero-order chi connectivity index (χ0) is 18.2. The largest absolute Gasteiger partial charge is 0.386 e. The van der Waals surface area contributed by atoms with Crippen molar-refractivity contribution in [2.24, 2.45) is 4.99 Å². The third kappa shape index (κ3) is 6.62. The van der Waals surface area contributed by atoms with Gasteiger partial charge in [0.05, 0.1) is 17.6 Å². The number of hydrogen-bond acceptors (Lipinski definition) is 5. The number of hydrogen-bond donors (Lipinski definition) is 3. The summed E-state index contributed by atoms with van der Waals surface area (Å²) in [6.45, 7) is 5.28. The third-order valence-electron chi connectivity index (χ3n) is 4.51. The van der Waals surface area contributed by atoms with Gasteiger partial charge in [0, 0.05) is 38.1 Å². The third-order valence-corrected chi connectivity index (χ3v) is 5.44. The lowest BCUT2D eigenvalue weighted by Gasteiger charge is -2.33. The van der Waals surface area contributed by atoms with Crippen LogP contribution in [0.15, 0.2) is 47.0 Å². The minimum atomic E-state index is -0.617. The first-order chi connectivity index (χ1) is 12.8. The van der Waals surface area contributed by atoms with Crippen molar-refractivity contribution in [2.45, 2.75) is 31.9 Å². The van der Waals surface area contributed by atoms with Crippen LogP contribution in [0.25, 0.3) is 0 Å². The summed E-state index contributed by atoms with van der Waals surface area (Å²) in [4.78, 5) is 11.0. The second kappa shape index (κ2) is 11.5. The normalized spacial score (nSPS) is 16.5. The van der Waals surface area contributed by atoms with Crippen LogP contribution in [0.1, 0.15) is 31.4 Å². The molecule has 148 valence electrons. The predicted molar refractivity (Wildman–Crippen MR) is 123 cm³/mol. The molecule has 3 rings (SSSR count). The van der Waals surface area contributed by atoms with Gasteiger partial charge in [0.1, 0.15) is 0 Å². The van der Waals surface area contributed by atoms with E-state index >= 15 is 0 Å². The Kier molecular flexibility index (Phi) is 9.29. The second-order valence-electron chi connectivity index (χ2n) is 6.37. The fourth-order valence-electron chi connectivity index (χ4n) is 3.08. The van der Waals surface area contributed by atoms with Gasteiger partial charge in [0.25, 0.3) is 0 Å². The summed E-state index contributed by atoms with van der Waals surface area (Å²) in [7, 11) is 0. The number of thiophene rings is 1. The molecule has 1 aliphatic rings. The number of aliphatic imine (C=N–C) groups is 1. The number of nitrogens with one attached hydrogen (secondary N) is 2. The molecule has 0 aliphatic carbocycles. The number of rotatable bonds is 6. The van der Waals surface area contributed by atoms with E-state index in [-0.39, 0.29) is 24.0 Å². The van der Waals surface area contributed by atoms with Gasteiger partial charge in [-0.1, -0.05) is 0 Å². The molecule has 1 atom stereocenters. The molecule has 27 heavy (non-hydrogen) atoms. The Bertz CT molecular complexity index is 675. The number of halogens is 1. The molecule has 8 heteroatoms. The summed E-state index contributed by atoms with van der Waals surface area (Å²) < 4.78 is 0. The maximum Gasteiger partial charge on any atom is 0.191 e. The zero-order valence-corrected chi connectivity index (χ0v) is 18.7. The highest BCUT2D eigenvalue weighted by atomic mass is 127. The lowest BCUT2D eigenvalue weighted by Crippen LogP contribution is -2.48. The summed E-state index contributed by atoms with van der Waals surface area (Å²) >= 11 is 1.80. The van der Waals surface area contributed by atoms with Crippen LogP contribution < -0.4 is 15.5 Å². The average molecular weight is 501 g/mol. The van der Waals surface area contributed by atoms with Crippen LogP contribution in [-0.4, -0.2) is 48.3 Å². The molecule has 3 heterocycles. The molecule has 1 aliphatic heterocycles. The van der Waals surface area contributed by atoms with Gasteiger partial charge in [-0.15, -0.1) is 35.3 Å². The highest BCUT2D eigenvalue weighted by Gasteiger charge is 2.20. The van der Waals surface area contributed by atoms with E-state index in [0.29, 0.717) is 12.6 Å². The molecule has 1 saturated heterocycles. The molecule has 3 N–H and O–H groups in total. The van der Waals surface area contributed by atoms with Crippen molar-refractivity contribution in [3.8, 4) is 0 Å². The molecule has 6 nitrogen and oxygen atoms in total. The first-order valence-corrected chi connectivity index (χ1v) is 10.1. The molecular weight excluding hydrogens is 473 g/mol. The van der Waals surface area contributed by atoms with Crippen molar-refractivity contribution in [3.05, 3.63) is 47.6 Å². The van der Waals surface area contributed by atoms with Gasteiger partial charge in [-0.2, -0.15) is 0 Å². The van der Waals surface area contributed by atoms with Crippen molar-refractivity contribution >= 4 is 46.3 Å². The van der Waals surface area contributed by atoms with E-state index in [2.05, 4.69) is 49.9 Å². The van der Waals surface area contributed by atoms with E-state index < -0.39 is 6.10 Å². The molecule has 0 spiro atoms. The summed E-state index contributed by atoms with van der Waals surface area (Å²) in [5, 5.41) is 20.6. The van der Waals surface area contributed by atoms with Gasteiger partial charge in [-0.25, -0.2) is 0 Å². The molecule has 1 unspecified atom stereocenters. The fourth-order valence-corrected chi connectivity index (χ4v) is 3.86. The Labute approximate surface area is 182 Å². The Morgan fingerprint density at radius 1 is 1.33 bits per heavy atom. The van der Waals surface area contributed by atoms with E-state index in [9.17, 15) is 5.11 Å². The standard InChI is InChI=1S/C19H27N5OS.HI/c1-2-21-19(22-14-17(25)15-5-9-20-10-6-15)23-16-7-11-24(12-8-16)18-4-3-13-26-18;/h3-6,9-10,13,16-17,25H,2,7-8,11-12,14H2,1H3,(H2,21,22,23);1H. The number of pyridine rings is 1. The van der Waals surface area contributed by atoms with Gasteiger partial charge < -0.3 is 20.6 Å². The first-order valence-electron chi connectivity index (χ1n) is 9.17. The fraction of sp³-hybridized carbons (Fsp3) is 0.474. The Balaban J connectivity index is 0.00000261. The minimum absolute atomic E-state index is 0.